The Hall–Kier alpha value is -1.14. The first-order valence-electron chi connectivity index (χ1n) is 41.8. The lowest BCUT2D eigenvalue weighted by Crippen LogP contribution is -2.45. The quantitative estimate of drug-likeness (QED) is 0.0417. The van der Waals surface area contributed by atoms with Gasteiger partial charge in [-0.1, -0.05) is 457 Å². The number of esters is 1. The zero-order valence-corrected chi connectivity index (χ0v) is 61.2. The van der Waals surface area contributed by atoms with Gasteiger partial charge in [0.15, 0.2) is 0 Å². The number of aliphatic hydroxyl groups excluding tert-OH is 2. The SMILES string of the molecule is CCCCCCCCCCCCCCCCCCCCCCCC(O)C(CO)NC(=O)CCCCCCCCCCCCCCCCCCCCCCCCCCCCCCCCCCOC(=O)CCCCCCCCCCCCCCCCCCCCC. The number of ether oxygens (including phenoxy) is 1. The Labute approximate surface area is 559 Å². The highest BCUT2D eigenvalue weighted by atomic mass is 16.5. The van der Waals surface area contributed by atoms with Crippen molar-refractivity contribution in [2.45, 2.75) is 508 Å². The van der Waals surface area contributed by atoms with Crippen LogP contribution in [0, 0.1) is 0 Å². The minimum absolute atomic E-state index is 0.0241. The second-order valence-electron chi connectivity index (χ2n) is 29.2. The van der Waals surface area contributed by atoms with Gasteiger partial charge in [0.25, 0.3) is 0 Å². The van der Waals surface area contributed by atoms with E-state index in [-0.39, 0.29) is 18.5 Å². The number of unbranched alkanes of at least 4 members (excludes halogenated alkanes) is 69. The second-order valence-corrected chi connectivity index (χ2v) is 29.2. The van der Waals surface area contributed by atoms with Crippen molar-refractivity contribution >= 4 is 11.9 Å². The zero-order valence-electron chi connectivity index (χ0n) is 61.2. The third-order valence-electron chi connectivity index (χ3n) is 20.2. The molecule has 1 amide bonds. The predicted molar refractivity (Wildman–Crippen MR) is 394 cm³/mol. The maximum absolute atomic E-state index is 12.6. The molecule has 3 N–H and O–H groups in total. The van der Waals surface area contributed by atoms with Gasteiger partial charge in [0.1, 0.15) is 0 Å². The van der Waals surface area contributed by atoms with E-state index in [2.05, 4.69) is 19.2 Å². The predicted octanol–water partition coefficient (Wildman–Crippen LogP) is 27.7. The van der Waals surface area contributed by atoms with Crippen molar-refractivity contribution in [3.8, 4) is 0 Å². The summed E-state index contributed by atoms with van der Waals surface area (Å²) < 4.78 is 5.53. The first-order valence-corrected chi connectivity index (χ1v) is 41.8. The lowest BCUT2D eigenvalue weighted by molar-refractivity contribution is -0.143. The van der Waals surface area contributed by atoms with Crippen LogP contribution in [0.25, 0.3) is 0 Å². The fourth-order valence-electron chi connectivity index (χ4n) is 13.8. The van der Waals surface area contributed by atoms with E-state index in [4.69, 9.17) is 4.74 Å². The smallest absolute Gasteiger partial charge is 0.305 e. The van der Waals surface area contributed by atoms with Crippen LogP contribution in [-0.4, -0.2) is 47.4 Å². The van der Waals surface area contributed by atoms with E-state index in [1.165, 1.54) is 424 Å². The highest BCUT2D eigenvalue weighted by Crippen LogP contribution is 2.21. The Morgan fingerprint density at radius 1 is 0.270 bits per heavy atom. The standard InChI is InChI=1S/C83H165NO5/c1-3-5-7-9-11-13-15-17-19-21-23-36-40-43-47-51-55-59-63-67-71-75-81(86)80(79-85)84-82(87)76-72-68-64-60-56-52-48-44-41-37-34-32-30-28-26-24-25-27-29-31-33-35-38-42-46-50-54-58-62-66-70-74-78-89-83(88)77-73-69-65-61-57-53-49-45-39-22-20-18-16-14-12-10-8-6-4-2/h80-81,85-86H,3-79H2,1-2H3,(H,84,87). The Morgan fingerprint density at radius 2 is 0.461 bits per heavy atom. The van der Waals surface area contributed by atoms with E-state index in [9.17, 15) is 19.8 Å². The number of carbonyl (C=O) groups excluding carboxylic acids is 2. The molecule has 6 heteroatoms. The van der Waals surface area contributed by atoms with Crippen LogP contribution in [0.1, 0.15) is 495 Å². The summed E-state index contributed by atoms with van der Waals surface area (Å²) in [5, 5.41) is 23.5. The van der Waals surface area contributed by atoms with Crippen LogP contribution in [-0.2, 0) is 14.3 Å². The summed E-state index contributed by atoms with van der Waals surface area (Å²) in [6, 6.07) is -0.538. The van der Waals surface area contributed by atoms with E-state index in [1.54, 1.807) is 0 Å². The van der Waals surface area contributed by atoms with E-state index < -0.39 is 12.1 Å². The molecule has 0 aromatic rings. The summed E-state index contributed by atoms with van der Waals surface area (Å²) in [6.07, 6.45) is 99.3. The molecule has 0 aliphatic heterocycles. The Morgan fingerprint density at radius 3 is 0.685 bits per heavy atom. The molecule has 6 nitrogen and oxygen atoms in total. The molecule has 0 saturated heterocycles. The summed E-state index contributed by atoms with van der Waals surface area (Å²) in [6.45, 7) is 5.03. The number of rotatable bonds is 80. The van der Waals surface area contributed by atoms with Crippen LogP contribution in [0.5, 0.6) is 0 Å². The summed E-state index contributed by atoms with van der Waals surface area (Å²) in [4.78, 5) is 24.7. The highest BCUT2D eigenvalue weighted by Gasteiger charge is 2.20. The first kappa shape index (κ1) is 87.9. The molecule has 2 atom stereocenters. The lowest BCUT2D eigenvalue weighted by Gasteiger charge is -2.22. The lowest BCUT2D eigenvalue weighted by atomic mass is 10.0. The van der Waals surface area contributed by atoms with Gasteiger partial charge in [0, 0.05) is 12.8 Å². The summed E-state index contributed by atoms with van der Waals surface area (Å²) in [7, 11) is 0. The van der Waals surface area contributed by atoms with Crippen LogP contribution < -0.4 is 5.32 Å². The number of hydrogen-bond donors (Lipinski definition) is 3. The fraction of sp³-hybridized carbons (Fsp3) is 0.976. The number of amides is 1. The highest BCUT2D eigenvalue weighted by molar-refractivity contribution is 5.76. The third-order valence-corrected chi connectivity index (χ3v) is 20.2. The molecule has 0 fully saturated rings. The third kappa shape index (κ3) is 75.8. The summed E-state index contributed by atoms with van der Waals surface area (Å²) in [5.41, 5.74) is 0. The van der Waals surface area contributed by atoms with Gasteiger partial charge in [-0.3, -0.25) is 9.59 Å². The average molecular weight is 1260 g/mol. The molecule has 2 unspecified atom stereocenters. The average Bonchev–Trinajstić information content (AvgIpc) is 3.57. The van der Waals surface area contributed by atoms with Crippen molar-refractivity contribution in [3.63, 3.8) is 0 Å². The van der Waals surface area contributed by atoms with Crippen LogP contribution in [0.3, 0.4) is 0 Å². The number of aliphatic hydroxyl groups is 2. The topological polar surface area (TPSA) is 95.9 Å². The monoisotopic (exact) mass is 1260 g/mol. The van der Waals surface area contributed by atoms with Crippen molar-refractivity contribution in [1.29, 1.82) is 0 Å². The first-order chi connectivity index (χ1) is 44.0. The molecule has 0 radical (unpaired) electrons. The Balaban J connectivity index is 3.30. The maximum atomic E-state index is 12.6. The molecule has 0 aliphatic carbocycles. The molecule has 0 spiro atoms. The van der Waals surface area contributed by atoms with Crippen molar-refractivity contribution in [2.24, 2.45) is 0 Å². The maximum Gasteiger partial charge on any atom is 0.305 e. The van der Waals surface area contributed by atoms with Gasteiger partial charge in [0.2, 0.25) is 5.91 Å². The molecule has 0 aliphatic rings. The van der Waals surface area contributed by atoms with Gasteiger partial charge < -0.3 is 20.3 Å². The van der Waals surface area contributed by atoms with Gasteiger partial charge in [-0.25, -0.2) is 0 Å². The van der Waals surface area contributed by atoms with Crippen molar-refractivity contribution < 1.29 is 24.5 Å². The summed E-state index contributed by atoms with van der Waals surface area (Å²) >= 11 is 0. The largest absolute Gasteiger partial charge is 0.466 e. The van der Waals surface area contributed by atoms with Gasteiger partial charge in [-0.05, 0) is 25.7 Å². The van der Waals surface area contributed by atoms with E-state index in [0.29, 0.717) is 25.9 Å². The van der Waals surface area contributed by atoms with Gasteiger partial charge >= 0.3 is 5.97 Å². The van der Waals surface area contributed by atoms with Crippen LogP contribution >= 0.6 is 0 Å². The fourth-order valence-corrected chi connectivity index (χ4v) is 13.8. The van der Waals surface area contributed by atoms with Gasteiger partial charge in [-0.2, -0.15) is 0 Å². The molecular weight excluding hydrogens is 1090 g/mol. The van der Waals surface area contributed by atoms with E-state index in [0.717, 1.165) is 38.5 Å². The van der Waals surface area contributed by atoms with E-state index in [1.807, 2.05) is 0 Å². The molecule has 0 aromatic heterocycles. The van der Waals surface area contributed by atoms with Gasteiger partial charge in [-0.15, -0.1) is 0 Å². The van der Waals surface area contributed by atoms with Crippen LogP contribution in [0.4, 0.5) is 0 Å². The molecular formula is C83H165NO5. The molecule has 89 heavy (non-hydrogen) atoms. The normalized spacial score (nSPS) is 12.4. The Bertz CT molecular complexity index is 1310. The molecule has 0 bridgehead atoms. The van der Waals surface area contributed by atoms with Crippen molar-refractivity contribution in [1.82, 2.24) is 5.32 Å². The molecule has 0 aromatic carbocycles. The van der Waals surface area contributed by atoms with Crippen molar-refractivity contribution in [3.05, 3.63) is 0 Å². The zero-order chi connectivity index (χ0) is 64.2. The van der Waals surface area contributed by atoms with E-state index >= 15 is 0 Å². The number of hydrogen-bond acceptors (Lipinski definition) is 5. The second kappa shape index (κ2) is 79.3. The minimum atomic E-state index is -0.661. The molecule has 532 valence electrons. The molecule has 0 saturated carbocycles. The van der Waals surface area contributed by atoms with Gasteiger partial charge in [0.05, 0.1) is 25.4 Å². The van der Waals surface area contributed by atoms with Crippen molar-refractivity contribution in [2.75, 3.05) is 13.2 Å². The molecule has 0 heterocycles. The number of nitrogens with one attached hydrogen (secondary N) is 1. The minimum Gasteiger partial charge on any atom is -0.466 e. The molecule has 0 rings (SSSR count). The Kier molecular flexibility index (Phi) is 78.3. The van der Waals surface area contributed by atoms with Crippen LogP contribution in [0.2, 0.25) is 0 Å². The number of carbonyl (C=O) groups is 2. The van der Waals surface area contributed by atoms with Crippen LogP contribution in [0.15, 0.2) is 0 Å². The summed E-state index contributed by atoms with van der Waals surface area (Å²) in [5.74, 6) is 0.00367.